The number of H-pyrrole nitrogens is 1. The van der Waals surface area contributed by atoms with Crippen molar-refractivity contribution in [1.82, 2.24) is 25.5 Å². The second kappa shape index (κ2) is 7.67. The van der Waals surface area contributed by atoms with Crippen LogP contribution in [0.4, 0.5) is 5.13 Å². The summed E-state index contributed by atoms with van der Waals surface area (Å²) in [6.07, 6.45) is 4.67. The van der Waals surface area contributed by atoms with Crippen LogP contribution in [0.5, 0.6) is 5.75 Å². The molecule has 0 amide bonds. The van der Waals surface area contributed by atoms with Gasteiger partial charge in [-0.1, -0.05) is 28.7 Å². The van der Waals surface area contributed by atoms with Crippen LogP contribution in [-0.4, -0.2) is 51.5 Å². The number of rotatable bonds is 4. The zero-order chi connectivity index (χ0) is 18.4. The number of aromatic nitrogens is 4. The minimum absolute atomic E-state index is 0. The van der Waals surface area contributed by atoms with E-state index < -0.39 is 0 Å². The van der Waals surface area contributed by atoms with Gasteiger partial charge in [0.25, 0.3) is 0 Å². The number of phenolic OH excluding ortho intramolecular Hbond substituents is 1. The molecule has 4 aromatic rings. The molecule has 3 aromatic heterocycles. The third-order valence-electron chi connectivity index (χ3n) is 4.91. The lowest BCUT2D eigenvalue weighted by Crippen LogP contribution is -2.33. The molecule has 146 valence electrons. The largest absolute Gasteiger partial charge is 0.507 e. The van der Waals surface area contributed by atoms with Crippen molar-refractivity contribution in [2.24, 2.45) is 0 Å². The molecule has 10 heteroatoms. The molecule has 0 saturated carbocycles. The van der Waals surface area contributed by atoms with E-state index in [2.05, 4.69) is 27.5 Å². The SMILES string of the molecule is CN(c1nc2sc(-c3ccc(-c4cn[nH]c4)cc3O)nc2s1)[C@H]1CCNC1.Cl. The lowest BCUT2D eigenvalue weighted by Gasteiger charge is -2.22. The number of aromatic amines is 1. The minimum Gasteiger partial charge on any atom is -0.507 e. The molecule has 0 bridgehead atoms. The van der Waals surface area contributed by atoms with E-state index >= 15 is 0 Å². The molecule has 28 heavy (non-hydrogen) atoms. The Labute approximate surface area is 175 Å². The molecule has 1 fully saturated rings. The molecule has 0 radical (unpaired) electrons. The smallest absolute Gasteiger partial charge is 0.188 e. The summed E-state index contributed by atoms with van der Waals surface area (Å²) < 4.78 is 0. The van der Waals surface area contributed by atoms with Crippen molar-refractivity contribution in [3.63, 3.8) is 0 Å². The number of phenols is 1. The Bertz CT molecular complexity index is 1060. The monoisotopic (exact) mass is 434 g/mol. The van der Waals surface area contributed by atoms with Gasteiger partial charge in [-0.3, -0.25) is 5.10 Å². The third-order valence-corrected chi connectivity index (χ3v) is 7.06. The summed E-state index contributed by atoms with van der Waals surface area (Å²) in [5, 5.41) is 22.4. The van der Waals surface area contributed by atoms with Crippen molar-refractivity contribution in [3.05, 3.63) is 30.6 Å². The molecule has 5 rings (SSSR count). The number of nitrogens with one attached hydrogen (secondary N) is 2. The van der Waals surface area contributed by atoms with Gasteiger partial charge in [0.2, 0.25) is 0 Å². The molecular formula is C18H19ClN6OS2. The number of benzene rings is 1. The second-order valence-electron chi connectivity index (χ2n) is 6.60. The molecule has 1 atom stereocenters. The standard InChI is InChI=1S/C18H18N6OS2.ClH/c1-24(12-4-5-19-9-12)18-23-17-16(27-18)22-15(26-17)13-3-2-10(6-14(13)25)11-7-20-21-8-11;/h2-3,6-8,12,19,25H,4-5,9H2,1H3,(H,20,21);1H/t12-;/m0./s1. The number of hydrogen-bond acceptors (Lipinski definition) is 8. The summed E-state index contributed by atoms with van der Waals surface area (Å²) in [5.74, 6) is 0.212. The quantitative estimate of drug-likeness (QED) is 0.453. The van der Waals surface area contributed by atoms with Crippen LogP contribution in [-0.2, 0) is 0 Å². The highest BCUT2D eigenvalue weighted by Gasteiger charge is 2.23. The average Bonchev–Trinajstić information content (AvgIpc) is 3.45. The normalized spacial score (nSPS) is 16.4. The zero-order valence-electron chi connectivity index (χ0n) is 15.0. The zero-order valence-corrected chi connectivity index (χ0v) is 17.5. The maximum atomic E-state index is 10.5. The first-order valence-electron chi connectivity index (χ1n) is 8.72. The number of anilines is 1. The first kappa shape index (κ1) is 19.1. The highest BCUT2D eigenvalue weighted by molar-refractivity contribution is 7.29. The van der Waals surface area contributed by atoms with Gasteiger partial charge in [-0.15, -0.1) is 12.4 Å². The van der Waals surface area contributed by atoms with Crippen LogP contribution in [0.15, 0.2) is 30.6 Å². The highest BCUT2D eigenvalue weighted by atomic mass is 35.5. The number of aromatic hydroxyl groups is 1. The van der Waals surface area contributed by atoms with Gasteiger partial charge < -0.3 is 15.3 Å². The Hall–Kier alpha value is -2.20. The lowest BCUT2D eigenvalue weighted by molar-refractivity contribution is 0.477. The van der Waals surface area contributed by atoms with Crippen LogP contribution >= 0.6 is 35.1 Å². The molecule has 1 aliphatic heterocycles. The first-order chi connectivity index (χ1) is 13.2. The van der Waals surface area contributed by atoms with Crippen LogP contribution in [0.1, 0.15) is 6.42 Å². The van der Waals surface area contributed by atoms with Crippen LogP contribution in [0.2, 0.25) is 0 Å². The van der Waals surface area contributed by atoms with Crippen LogP contribution in [0.3, 0.4) is 0 Å². The Kier molecular flexibility index (Phi) is 5.24. The van der Waals surface area contributed by atoms with Crippen LogP contribution in [0, 0.1) is 0 Å². The van der Waals surface area contributed by atoms with Gasteiger partial charge in [-0.05, 0) is 30.7 Å². The van der Waals surface area contributed by atoms with E-state index in [1.165, 1.54) is 11.3 Å². The Balaban J connectivity index is 0.00000192. The number of fused-ring (bicyclic) bond motifs is 1. The summed E-state index contributed by atoms with van der Waals surface area (Å²) in [5.41, 5.74) is 2.58. The van der Waals surface area contributed by atoms with Crippen LogP contribution in [0.25, 0.3) is 31.4 Å². The van der Waals surface area contributed by atoms with Gasteiger partial charge in [0.1, 0.15) is 10.8 Å². The number of likely N-dealkylation sites (N-methyl/N-ethyl adjacent to an activating group) is 1. The van der Waals surface area contributed by atoms with Crippen molar-refractivity contribution in [2.75, 3.05) is 25.0 Å². The predicted octanol–water partition coefficient (Wildman–Crippen LogP) is 3.74. The summed E-state index contributed by atoms with van der Waals surface area (Å²) >= 11 is 3.12. The van der Waals surface area contributed by atoms with Crippen molar-refractivity contribution in [2.45, 2.75) is 12.5 Å². The minimum atomic E-state index is 0. The van der Waals surface area contributed by atoms with E-state index in [1.54, 1.807) is 29.8 Å². The molecule has 1 aromatic carbocycles. The van der Waals surface area contributed by atoms with Crippen molar-refractivity contribution >= 4 is 49.9 Å². The first-order valence-corrected chi connectivity index (χ1v) is 10.4. The maximum Gasteiger partial charge on any atom is 0.188 e. The number of thiazole rings is 2. The summed E-state index contributed by atoms with van der Waals surface area (Å²) in [6.45, 7) is 2.06. The number of nitrogens with zero attached hydrogens (tertiary/aromatic N) is 4. The number of halogens is 1. The fraction of sp³-hybridized carbons (Fsp3) is 0.278. The molecule has 4 heterocycles. The maximum absolute atomic E-state index is 10.5. The van der Waals surface area contributed by atoms with Gasteiger partial charge in [-0.2, -0.15) is 5.10 Å². The Morgan fingerprint density at radius 3 is 2.71 bits per heavy atom. The molecule has 1 aliphatic rings. The molecule has 7 nitrogen and oxygen atoms in total. The van der Waals surface area contributed by atoms with Crippen molar-refractivity contribution < 1.29 is 5.11 Å². The van der Waals surface area contributed by atoms with Gasteiger partial charge in [0.05, 0.1) is 11.8 Å². The molecule has 3 N–H and O–H groups in total. The van der Waals surface area contributed by atoms with Gasteiger partial charge in [0.15, 0.2) is 14.8 Å². The fourth-order valence-corrected chi connectivity index (χ4v) is 5.43. The van der Waals surface area contributed by atoms with E-state index in [0.717, 1.165) is 56.0 Å². The van der Waals surface area contributed by atoms with E-state index in [-0.39, 0.29) is 18.2 Å². The summed E-state index contributed by atoms with van der Waals surface area (Å²) in [7, 11) is 2.10. The predicted molar refractivity (Wildman–Crippen MR) is 117 cm³/mol. The fourth-order valence-electron chi connectivity index (χ4n) is 3.32. The van der Waals surface area contributed by atoms with E-state index in [1.807, 2.05) is 12.1 Å². The van der Waals surface area contributed by atoms with Crippen molar-refractivity contribution in [1.29, 1.82) is 0 Å². The van der Waals surface area contributed by atoms with Gasteiger partial charge >= 0.3 is 0 Å². The van der Waals surface area contributed by atoms with E-state index in [9.17, 15) is 5.11 Å². The Morgan fingerprint density at radius 1 is 1.18 bits per heavy atom. The van der Waals surface area contributed by atoms with Crippen molar-refractivity contribution in [3.8, 4) is 27.4 Å². The van der Waals surface area contributed by atoms with Gasteiger partial charge in [-0.25, -0.2) is 9.97 Å². The highest BCUT2D eigenvalue weighted by Crippen LogP contribution is 2.40. The number of hydrogen-bond donors (Lipinski definition) is 3. The topological polar surface area (TPSA) is 90.0 Å². The average molecular weight is 435 g/mol. The molecule has 0 spiro atoms. The molecule has 0 aliphatic carbocycles. The molecule has 0 unspecified atom stereocenters. The third kappa shape index (κ3) is 3.35. The lowest BCUT2D eigenvalue weighted by atomic mass is 10.1. The van der Waals surface area contributed by atoms with E-state index in [4.69, 9.17) is 9.97 Å². The summed E-state index contributed by atoms with van der Waals surface area (Å²) in [6, 6.07) is 6.10. The second-order valence-corrected chi connectivity index (χ2v) is 8.54. The molecule has 1 saturated heterocycles. The van der Waals surface area contributed by atoms with E-state index in [0.29, 0.717) is 6.04 Å². The Morgan fingerprint density at radius 2 is 2.04 bits per heavy atom. The molecular weight excluding hydrogens is 416 g/mol. The van der Waals surface area contributed by atoms with Crippen LogP contribution < -0.4 is 10.2 Å². The summed E-state index contributed by atoms with van der Waals surface area (Å²) in [4.78, 5) is 13.6. The van der Waals surface area contributed by atoms with Gasteiger partial charge in [0, 0.05) is 31.4 Å².